The van der Waals surface area contributed by atoms with E-state index < -0.39 is 0 Å². The van der Waals surface area contributed by atoms with Gasteiger partial charge in [-0.3, -0.25) is 4.79 Å². The molecule has 0 atom stereocenters. The Kier molecular flexibility index (Phi) is 12.7. The number of allylic oxidation sites excluding steroid dienone is 4. The summed E-state index contributed by atoms with van der Waals surface area (Å²) in [5.74, 6) is 2.18. The maximum absolute atomic E-state index is 13.0. The predicted octanol–water partition coefficient (Wildman–Crippen LogP) is 9.03. The fourth-order valence-corrected chi connectivity index (χ4v) is 3.31. The van der Waals surface area contributed by atoms with Crippen LogP contribution >= 0.6 is 0 Å². The summed E-state index contributed by atoms with van der Waals surface area (Å²) in [7, 11) is 0. The van der Waals surface area contributed by atoms with Gasteiger partial charge in [-0.25, -0.2) is 4.39 Å². The van der Waals surface area contributed by atoms with Crippen LogP contribution in [0.2, 0.25) is 0 Å². The number of benzene rings is 3. The minimum Gasteiger partial charge on any atom is -0.355 e. The lowest BCUT2D eigenvalue weighted by molar-refractivity contribution is 0.102. The molecule has 0 unspecified atom stereocenters. The van der Waals surface area contributed by atoms with Crippen LogP contribution in [0, 0.1) is 24.7 Å². The van der Waals surface area contributed by atoms with Crippen molar-refractivity contribution >= 4 is 23.0 Å². The Morgan fingerprint density at radius 2 is 1.60 bits per heavy atom. The van der Waals surface area contributed by atoms with E-state index in [4.69, 9.17) is 0 Å². The van der Waals surface area contributed by atoms with Gasteiger partial charge in [0.05, 0.1) is 0 Å². The van der Waals surface area contributed by atoms with Gasteiger partial charge in [-0.1, -0.05) is 61.9 Å². The quantitative estimate of drug-likeness (QED) is 0.146. The number of amides is 1. The molecule has 0 aliphatic heterocycles. The lowest BCUT2D eigenvalue weighted by Gasteiger charge is -2.14. The molecule has 0 fully saturated rings. The van der Waals surface area contributed by atoms with Crippen molar-refractivity contribution < 1.29 is 9.18 Å². The number of hydrogen-bond donors (Lipinski definition) is 3. The molecule has 3 aromatic carbocycles. The molecule has 0 radical (unpaired) electrons. The van der Waals surface area contributed by atoms with Crippen molar-refractivity contribution in [3.05, 3.63) is 137 Å². The van der Waals surface area contributed by atoms with Crippen molar-refractivity contribution in [1.29, 1.82) is 0 Å². The Morgan fingerprint density at radius 3 is 2.17 bits per heavy atom. The van der Waals surface area contributed by atoms with Gasteiger partial charge in [0.25, 0.3) is 5.91 Å². The van der Waals surface area contributed by atoms with Crippen molar-refractivity contribution in [1.82, 2.24) is 0 Å². The normalized spacial score (nSPS) is 10.5. The second-order valence-electron chi connectivity index (χ2n) is 9.04. The summed E-state index contributed by atoms with van der Waals surface area (Å²) in [4.78, 5) is 12.4. The van der Waals surface area contributed by atoms with Gasteiger partial charge in [0.15, 0.2) is 0 Å². The van der Waals surface area contributed by atoms with Crippen molar-refractivity contribution in [2.75, 3.05) is 16.0 Å². The zero-order valence-electron chi connectivity index (χ0n) is 24.0. The highest BCUT2D eigenvalue weighted by Gasteiger charge is 2.09. The van der Waals surface area contributed by atoms with Crippen LogP contribution in [0.3, 0.4) is 0 Å². The van der Waals surface area contributed by atoms with E-state index in [0.29, 0.717) is 16.9 Å². The standard InChI is InChI=1S/C24H25FN2O.C11H13N/c1-6-16(2)7-8-17(3)19(5)26-23-14-9-20(15-18(23)4)24(28)27-22-12-10-21(25)11-13-22;1-3-9-12-11-7-5-10(4-2)6-8-11/h6-15,26H,3,5H2,1-2,4H3,(H,27,28);5-8,12H,4H2,1-2H3/b8-7-,16-6-;. The maximum atomic E-state index is 13.0. The number of anilines is 3. The number of hydrogen-bond acceptors (Lipinski definition) is 3. The summed E-state index contributed by atoms with van der Waals surface area (Å²) in [6, 6.07) is 22.1. The first-order chi connectivity index (χ1) is 19.2. The predicted molar refractivity (Wildman–Crippen MR) is 169 cm³/mol. The van der Waals surface area contributed by atoms with Crippen LogP contribution in [0.4, 0.5) is 21.5 Å². The van der Waals surface area contributed by atoms with Crippen LogP contribution in [0.5, 0.6) is 0 Å². The minimum atomic E-state index is -0.346. The second kappa shape index (κ2) is 16.2. The van der Waals surface area contributed by atoms with Gasteiger partial charge in [0.2, 0.25) is 0 Å². The third-order valence-corrected chi connectivity index (χ3v) is 5.96. The lowest BCUT2D eigenvalue weighted by Crippen LogP contribution is -2.12. The molecular weight excluding hydrogens is 497 g/mol. The number of aryl methyl sites for hydroxylation is 2. The van der Waals surface area contributed by atoms with Crippen LogP contribution < -0.4 is 16.0 Å². The van der Waals surface area contributed by atoms with Gasteiger partial charge in [0, 0.05) is 34.4 Å². The van der Waals surface area contributed by atoms with E-state index >= 15 is 0 Å². The van der Waals surface area contributed by atoms with Crippen molar-refractivity contribution in [3.63, 3.8) is 0 Å². The van der Waals surface area contributed by atoms with Crippen LogP contribution in [0.15, 0.2) is 115 Å². The Morgan fingerprint density at radius 1 is 0.950 bits per heavy atom. The fraction of sp³-hybridized carbons (Fsp3) is 0.171. The van der Waals surface area contributed by atoms with Crippen LogP contribution in [0.1, 0.15) is 49.2 Å². The Balaban J connectivity index is 0.000000389. The van der Waals surface area contributed by atoms with E-state index in [2.05, 4.69) is 60.1 Å². The molecule has 3 aromatic rings. The highest BCUT2D eigenvalue weighted by atomic mass is 19.1. The molecule has 0 saturated heterocycles. The first-order valence-corrected chi connectivity index (χ1v) is 13.1. The molecule has 1 amide bonds. The maximum Gasteiger partial charge on any atom is 0.255 e. The molecule has 5 heteroatoms. The zero-order chi connectivity index (χ0) is 29.5. The number of carbonyl (C=O) groups excluding carboxylic acids is 1. The molecule has 0 saturated carbocycles. The fourth-order valence-electron chi connectivity index (χ4n) is 3.31. The van der Waals surface area contributed by atoms with Gasteiger partial charge in [-0.2, -0.15) is 0 Å². The number of halogens is 1. The third kappa shape index (κ3) is 10.5. The zero-order valence-corrected chi connectivity index (χ0v) is 24.0. The molecule has 0 spiro atoms. The summed E-state index contributed by atoms with van der Waals surface area (Å²) in [6.45, 7) is 17.9. The first-order valence-electron chi connectivity index (χ1n) is 13.1. The van der Waals surface area contributed by atoms with Crippen LogP contribution in [-0.2, 0) is 6.42 Å². The van der Waals surface area contributed by atoms with E-state index in [1.54, 1.807) is 12.1 Å². The van der Waals surface area contributed by atoms with Gasteiger partial charge >= 0.3 is 0 Å². The average molecular weight is 536 g/mol. The summed E-state index contributed by atoms with van der Waals surface area (Å²) in [6.07, 6.45) is 6.98. The average Bonchev–Trinajstić information content (AvgIpc) is 2.97. The van der Waals surface area contributed by atoms with E-state index in [0.717, 1.165) is 34.5 Å². The summed E-state index contributed by atoms with van der Waals surface area (Å²) in [5, 5.41) is 8.97. The van der Waals surface area contributed by atoms with Gasteiger partial charge in [0.1, 0.15) is 5.82 Å². The number of nitrogens with one attached hydrogen (secondary N) is 3. The van der Waals surface area contributed by atoms with Crippen LogP contribution in [0.25, 0.3) is 0 Å². The SMILES string of the molecule is C=C(/C=C\C(C)=C/C)C(=C)Nc1ccc(C(=O)Nc2ccc(F)cc2)cc1C.CC#CNc1ccc(CC)cc1. The molecular formula is C35H38FN3O. The molecule has 206 valence electrons. The Hall–Kier alpha value is -4.82. The molecule has 0 aliphatic carbocycles. The highest BCUT2D eigenvalue weighted by Crippen LogP contribution is 2.21. The summed E-state index contributed by atoms with van der Waals surface area (Å²) < 4.78 is 13.0. The topological polar surface area (TPSA) is 53.2 Å². The third-order valence-electron chi connectivity index (χ3n) is 5.96. The summed E-state index contributed by atoms with van der Waals surface area (Å²) >= 11 is 0. The van der Waals surface area contributed by atoms with Crippen molar-refractivity contribution in [2.45, 2.75) is 41.0 Å². The smallest absolute Gasteiger partial charge is 0.255 e. The largest absolute Gasteiger partial charge is 0.355 e. The Bertz CT molecular complexity index is 1440. The molecule has 3 N–H and O–H groups in total. The number of rotatable bonds is 9. The molecule has 40 heavy (non-hydrogen) atoms. The van der Waals surface area contributed by atoms with E-state index in [-0.39, 0.29) is 11.7 Å². The summed E-state index contributed by atoms with van der Waals surface area (Å²) in [5.41, 5.74) is 7.81. The molecule has 0 bridgehead atoms. The van der Waals surface area contributed by atoms with Crippen LogP contribution in [-0.4, -0.2) is 5.91 Å². The molecule has 4 nitrogen and oxygen atoms in total. The van der Waals surface area contributed by atoms with E-state index in [1.165, 1.54) is 29.8 Å². The van der Waals surface area contributed by atoms with Gasteiger partial charge < -0.3 is 16.0 Å². The molecule has 0 aliphatic rings. The van der Waals surface area contributed by atoms with Gasteiger partial charge in [-0.15, -0.1) is 0 Å². The lowest BCUT2D eigenvalue weighted by atomic mass is 10.1. The second-order valence-corrected chi connectivity index (χ2v) is 9.04. The molecule has 0 aromatic heterocycles. The van der Waals surface area contributed by atoms with E-state index in [9.17, 15) is 9.18 Å². The Labute approximate surface area is 238 Å². The molecule has 3 rings (SSSR count). The van der Waals surface area contributed by atoms with Crippen molar-refractivity contribution in [2.24, 2.45) is 0 Å². The molecule has 0 heterocycles. The van der Waals surface area contributed by atoms with Crippen molar-refractivity contribution in [3.8, 4) is 12.0 Å². The van der Waals surface area contributed by atoms with E-state index in [1.807, 2.05) is 64.1 Å². The minimum absolute atomic E-state index is 0.255. The van der Waals surface area contributed by atoms with Gasteiger partial charge in [-0.05, 0) is 105 Å². The first kappa shape index (κ1) is 31.4. The number of carbonyl (C=O) groups is 1. The monoisotopic (exact) mass is 535 g/mol. The highest BCUT2D eigenvalue weighted by molar-refractivity contribution is 6.04.